The minimum Gasteiger partial charge on any atom is -0.491 e. The highest BCUT2D eigenvalue weighted by Gasteiger charge is 2.22. The quantitative estimate of drug-likeness (QED) is 0.802. The topological polar surface area (TPSA) is 50.4 Å². The van der Waals surface area contributed by atoms with Gasteiger partial charge in [0.05, 0.1) is 12.1 Å². The average Bonchev–Trinajstić information content (AvgIpc) is 3.00. The average molecular weight is 341 g/mol. The smallest absolute Gasteiger partial charge is 0.237 e. The van der Waals surface area contributed by atoms with Gasteiger partial charge in [-0.05, 0) is 70.7 Å². The summed E-state index contributed by atoms with van der Waals surface area (Å²) in [4.78, 5) is 12.0. The third-order valence-electron chi connectivity index (χ3n) is 3.93. The number of ether oxygens (including phenoxy) is 1. The summed E-state index contributed by atoms with van der Waals surface area (Å²) in [7, 11) is 0. The van der Waals surface area contributed by atoms with Crippen molar-refractivity contribution in [3.05, 3.63) is 29.8 Å². The molecule has 130 valence electrons. The molecule has 1 saturated heterocycles. The van der Waals surface area contributed by atoms with Crippen molar-refractivity contribution >= 4 is 18.3 Å². The summed E-state index contributed by atoms with van der Waals surface area (Å²) < 4.78 is 5.64. The molecule has 0 aromatic heterocycles. The first-order valence-electron chi connectivity index (χ1n) is 8.34. The van der Waals surface area contributed by atoms with E-state index in [2.05, 4.69) is 29.7 Å². The second-order valence-electron chi connectivity index (χ2n) is 6.41. The third-order valence-corrected chi connectivity index (χ3v) is 3.93. The molecule has 2 rings (SSSR count). The minimum atomic E-state index is 0. The molecule has 1 aromatic carbocycles. The van der Waals surface area contributed by atoms with Gasteiger partial charge in [0.15, 0.2) is 0 Å². The van der Waals surface area contributed by atoms with Crippen molar-refractivity contribution in [2.24, 2.45) is 0 Å². The van der Waals surface area contributed by atoms with Crippen molar-refractivity contribution in [2.45, 2.75) is 64.6 Å². The standard InChI is InChI=1S/C18H28N2O2.ClH/c1-13(2)22-16-10-8-15(9-11-16)7-6-14(3)20-18(21)17-5-4-12-19-17;/h8-11,13-14,17,19H,4-7,12H2,1-3H3,(H,20,21);1H. The van der Waals surface area contributed by atoms with Gasteiger partial charge in [-0.25, -0.2) is 0 Å². The maximum absolute atomic E-state index is 12.0. The number of aryl methyl sites for hydroxylation is 1. The lowest BCUT2D eigenvalue weighted by atomic mass is 10.1. The number of nitrogens with one attached hydrogen (secondary N) is 2. The molecule has 2 atom stereocenters. The second kappa shape index (κ2) is 9.78. The molecule has 1 aromatic rings. The largest absolute Gasteiger partial charge is 0.491 e. The normalized spacial score (nSPS) is 18.3. The fourth-order valence-electron chi connectivity index (χ4n) is 2.71. The monoisotopic (exact) mass is 340 g/mol. The van der Waals surface area contributed by atoms with E-state index in [4.69, 9.17) is 4.74 Å². The van der Waals surface area contributed by atoms with Crippen LogP contribution < -0.4 is 15.4 Å². The second-order valence-corrected chi connectivity index (χ2v) is 6.41. The van der Waals surface area contributed by atoms with E-state index in [1.54, 1.807) is 0 Å². The number of hydrogen-bond donors (Lipinski definition) is 2. The molecule has 1 aliphatic heterocycles. The Hall–Kier alpha value is -1.26. The Morgan fingerprint density at radius 3 is 2.57 bits per heavy atom. The maximum atomic E-state index is 12.0. The predicted octanol–water partition coefficient (Wildman–Crippen LogP) is 3.08. The van der Waals surface area contributed by atoms with Gasteiger partial charge in [-0.2, -0.15) is 0 Å². The lowest BCUT2D eigenvalue weighted by molar-refractivity contribution is -0.123. The van der Waals surface area contributed by atoms with Crippen molar-refractivity contribution in [3.63, 3.8) is 0 Å². The van der Waals surface area contributed by atoms with Crippen LogP contribution in [0.1, 0.15) is 45.6 Å². The van der Waals surface area contributed by atoms with Crippen molar-refractivity contribution in [3.8, 4) is 5.75 Å². The molecule has 1 heterocycles. The van der Waals surface area contributed by atoms with Gasteiger partial charge < -0.3 is 15.4 Å². The van der Waals surface area contributed by atoms with Gasteiger partial charge in [0.1, 0.15) is 5.75 Å². The van der Waals surface area contributed by atoms with Gasteiger partial charge in [0.2, 0.25) is 5.91 Å². The van der Waals surface area contributed by atoms with Crippen LogP contribution in [0, 0.1) is 0 Å². The minimum absolute atomic E-state index is 0. The lowest BCUT2D eigenvalue weighted by Gasteiger charge is -2.17. The van der Waals surface area contributed by atoms with E-state index in [9.17, 15) is 4.79 Å². The van der Waals surface area contributed by atoms with E-state index in [0.717, 1.165) is 38.0 Å². The Balaban J connectivity index is 0.00000264. The number of halogens is 1. The highest BCUT2D eigenvalue weighted by molar-refractivity contribution is 5.85. The highest BCUT2D eigenvalue weighted by atomic mass is 35.5. The summed E-state index contributed by atoms with van der Waals surface area (Å²) in [6.07, 6.45) is 4.16. The summed E-state index contributed by atoms with van der Waals surface area (Å²) in [6.45, 7) is 7.08. The molecule has 5 heteroatoms. The van der Waals surface area contributed by atoms with E-state index < -0.39 is 0 Å². The van der Waals surface area contributed by atoms with E-state index in [0.29, 0.717) is 0 Å². The molecule has 0 saturated carbocycles. The van der Waals surface area contributed by atoms with Gasteiger partial charge in [0, 0.05) is 6.04 Å². The van der Waals surface area contributed by atoms with Crippen molar-refractivity contribution in [1.82, 2.24) is 10.6 Å². The van der Waals surface area contributed by atoms with Gasteiger partial charge >= 0.3 is 0 Å². The number of hydrogen-bond acceptors (Lipinski definition) is 3. The van der Waals surface area contributed by atoms with Crippen LogP contribution in [0.3, 0.4) is 0 Å². The molecule has 23 heavy (non-hydrogen) atoms. The molecular formula is C18H29ClN2O2. The molecule has 4 nitrogen and oxygen atoms in total. The van der Waals surface area contributed by atoms with Crippen LogP contribution in [0.25, 0.3) is 0 Å². The van der Waals surface area contributed by atoms with Gasteiger partial charge in [-0.3, -0.25) is 4.79 Å². The van der Waals surface area contributed by atoms with Crippen LogP contribution in [0.4, 0.5) is 0 Å². The first-order chi connectivity index (χ1) is 10.5. The SMILES string of the molecule is CC(CCc1ccc(OC(C)C)cc1)NC(=O)C1CCCN1.Cl. The summed E-state index contributed by atoms with van der Waals surface area (Å²) >= 11 is 0. The van der Waals surface area contributed by atoms with Crippen LogP contribution in [0.5, 0.6) is 5.75 Å². The van der Waals surface area contributed by atoms with Gasteiger partial charge in [-0.1, -0.05) is 12.1 Å². The zero-order chi connectivity index (χ0) is 15.9. The summed E-state index contributed by atoms with van der Waals surface area (Å²) in [5.74, 6) is 1.05. The Bertz CT molecular complexity index is 470. The molecule has 2 unspecified atom stereocenters. The van der Waals surface area contributed by atoms with Crippen LogP contribution in [0.2, 0.25) is 0 Å². The maximum Gasteiger partial charge on any atom is 0.237 e. The van der Waals surface area contributed by atoms with Crippen molar-refractivity contribution < 1.29 is 9.53 Å². The Labute approximate surface area is 145 Å². The summed E-state index contributed by atoms with van der Waals surface area (Å²) in [6, 6.07) is 8.44. The molecule has 1 fully saturated rings. The Kier molecular flexibility index (Phi) is 8.42. The molecule has 0 bridgehead atoms. The zero-order valence-electron chi connectivity index (χ0n) is 14.3. The molecule has 0 spiro atoms. The predicted molar refractivity (Wildman–Crippen MR) is 96.4 cm³/mol. The molecule has 0 radical (unpaired) electrons. The number of carbonyl (C=O) groups excluding carboxylic acids is 1. The highest BCUT2D eigenvalue weighted by Crippen LogP contribution is 2.15. The fourth-order valence-corrected chi connectivity index (χ4v) is 2.71. The number of benzene rings is 1. The molecule has 1 aliphatic rings. The van der Waals surface area contributed by atoms with E-state index in [-0.39, 0.29) is 36.5 Å². The van der Waals surface area contributed by atoms with Crippen LogP contribution in [-0.4, -0.2) is 30.6 Å². The number of rotatable bonds is 7. The first-order valence-corrected chi connectivity index (χ1v) is 8.34. The van der Waals surface area contributed by atoms with Gasteiger partial charge in [-0.15, -0.1) is 12.4 Å². The van der Waals surface area contributed by atoms with E-state index in [1.165, 1.54) is 5.56 Å². The first kappa shape index (κ1) is 19.8. The van der Waals surface area contributed by atoms with Crippen LogP contribution >= 0.6 is 12.4 Å². The van der Waals surface area contributed by atoms with Crippen LogP contribution in [0.15, 0.2) is 24.3 Å². The van der Waals surface area contributed by atoms with Crippen molar-refractivity contribution in [2.75, 3.05) is 6.54 Å². The summed E-state index contributed by atoms with van der Waals surface area (Å²) in [5, 5.41) is 6.33. The fraction of sp³-hybridized carbons (Fsp3) is 0.611. The molecule has 1 amide bonds. The van der Waals surface area contributed by atoms with Gasteiger partial charge in [0.25, 0.3) is 0 Å². The molecule has 0 aliphatic carbocycles. The number of amides is 1. The Morgan fingerprint density at radius 2 is 2.00 bits per heavy atom. The third kappa shape index (κ3) is 6.80. The Morgan fingerprint density at radius 1 is 1.30 bits per heavy atom. The van der Waals surface area contributed by atoms with E-state index in [1.807, 2.05) is 26.0 Å². The van der Waals surface area contributed by atoms with E-state index >= 15 is 0 Å². The molecule has 2 N–H and O–H groups in total. The summed E-state index contributed by atoms with van der Waals surface area (Å²) in [5.41, 5.74) is 1.27. The van der Waals surface area contributed by atoms with Crippen LogP contribution in [-0.2, 0) is 11.2 Å². The lowest BCUT2D eigenvalue weighted by Crippen LogP contribution is -2.44. The van der Waals surface area contributed by atoms with Crippen molar-refractivity contribution in [1.29, 1.82) is 0 Å². The number of carbonyl (C=O) groups is 1. The zero-order valence-corrected chi connectivity index (χ0v) is 15.1. The molecular weight excluding hydrogens is 312 g/mol.